The van der Waals surface area contributed by atoms with Crippen molar-refractivity contribution in [2.45, 2.75) is 38.7 Å². The molecular formula is C32H35F3N6O3. The molecule has 2 aromatic carbocycles. The van der Waals surface area contributed by atoms with Gasteiger partial charge in [-0.2, -0.15) is 13.2 Å². The number of nitrogens with one attached hydrogen (secondary N) is 3. The van der Waals surface area contributed by atoms with Crippen LogP contribution in [0.2, 0.25) is 0 Å². The van der Waals surface area contributed by atoms with E-state index in [4.69, 9.17) is 4.74 Å². The van der Waals surface area contributed by atoms with Crippen molar-refractivity contribution in [1.29, 1.82) is 0 Å². The van der Waals surface area contributed by atoms with Crippen LogP contribution in [0.3, 0.4) is 0 Å². The van der Waals surface area contributed by atoms with Gasteiger partial charge in [0.05, 0.1) is 24.1 Å². The maximum Gasteiger partial charge on any atom is 0.416 e. The van der Waals surface area contributed by atoms with E-state index in [9.17, 15) is 22.8 Å². The summed E-state index contributed by atoms with van der Waals surface area (Å²) in [5.74, 6) is -1.13. The van der Waals surface area contributed by atoms with Gasteiger partial charge >= 0.3 is 6.18 Å². The lowest BCUT2D eigenvalue weighted by molar-refractivity contribution is -0.138. The number of rotatable bonds is 9. The molecule has 0 saturated carbocycles. The molecule has 232 valence electrons. The lowest BCUT2D eigenvalue weighted by Crippen LogP contribution is -2.31. The summed E-state index contributed by atoms with van der Waals surface area (Å²) in [6.45, 7) is 3.69. The highest BCUT2D eigenvalue weighted by Gasteiger charge is 2.35. The minimum absolute atomic E-state index is 0.126. The molecule has 1 unspecified atom stereocenters. The van der Waals surface area contributed by atoms with E-state index in [1.54, 1.807) is 32.2 Å². The van der Waals surface area contributed by atoms with Crippen molar-refractivity contribution >= 4 is 34.2 Å². The number of pyridine rings is 1. The van der Waals surface area contributed by atoms with E-state index in [2.05, 4.69) is 25.5 Å². The molecule has 3 heterocycles. The number of ether oxygens (including phenoxy) is 1. The van der Waals surface area contributed by atoms with E-state index in [1.807, 2.05) is 25.1 Å². The third kappa shape index (κ3) is 7.09. The van der Waals surface area contributed by atoms with Gasteiger partial charge in [-0.3, -0.25) is 14.5 Å². The average Bonchev–Trinajstić information content (AvgIpc) is 3.60. The molecule has 0 radical (unpaired) electrons. The van der Waals surface area contributed by atoms with Gasteiger partial charge in [0.15, 0.2) is 0 Å². The number of fused-ring (bicyclic) bond motifs is 1. The first-order valence-electron chi connectivity index (χ1n) is 14.2. The number of anilines is 2. The Hall–Kier alpha value is -4.26. The summed E-state index contributed by atoms with van der Waals surface area (Å²) in [6, 6.07) is 12.4. The predicted molar refractivity (Wildman–Crippen MR) is 163 cm³/mol. The highest BCUT2D eigenvalue weighted by atomic mass is 19.4. The number of amides is 2. The highest BCUT2D eigenvalue weighted by Crippen LogP contribution is 2.34. The van der Waals surface area contributed by atoms with E-state index in [0.717, 1.165) is 23.6 Å². The van der Waals surface area contributed by atoms with Gasteiger partial charge in [0.25, 0.3) is 11.8 Å². The van der Waals surface area contributed by atoms with Gasteiger partial charge in [0.1, 0.15) is 5.65 Å². The van der Waals surface area contributed by atoms with Gasteiger partial charge in [0.2, 0.25) is 0 Å². The average molecular weight is 609 g/mol. The van der Waals surface area contributed by atoms with Crippen LogP contribution in [0.4, 0.5) is 24.5 Å². The molecule has 1 fully saturated rings. The number of hydrogen-bond acceptors (Lipinski definition) is 6. The van der Waals surface area contributed by atoms with Gasteiger partial charge in [0, 0.05) is 60.7 Å². The van der Waals surface area contributed by atoms with Crippen LogP contribution in [0.1, 0.15) is 49.5 Å². The normalized spacial score (nSPS) is 15.7. The Labute approximate surface area is 253 Å². The molecule has 5 rings (SSSR count). The molecule has 0 spiro atoms. The van der Waals surface area contributed by atoms with Crippen LogP contribution in [0.5, 0.6) is 0 Å². The maximum absolute atomic E-state index is 14.1. The SMILES string of the molecule is COCc1cc2cc(NC(=O)c3cc(NC(=O)c4ccc(CN5CCC(N(C)C)C5)c(C(F)(F)F)c4)ccc3C)cnc2[nH]1. The first-order valence-corrected chi connectivity index (χ1v) is 14.2. The summed E-state index contributed by atoms with van der Waals surface area (Å²) >= 11 is 0. The molecule has 2 amide bonds. The number of carbonyl (C=O) groups excluding carboxylic acids is 2. The number of aromatic nitrogens is 2. The molecule has 1 atom stereocenters. The summed E-state index contributed by atoms with van der Waals surface area (Å²) < 4.78 is 47.3. The van der Waals surface area contributed by atoms with Crippen molar-refractivity contribution in [1.82, 2.24) is 19.8 Å². The molecule has 1 saturated heterocycles. The van der Waals surface area contributed by atoms with Crippen LogP contribution in [-0.4, -0.2) is 71.9 Å². The van der Waals surface area contributed by atoms with Crippen molar-refractivity contribution in [2.24, 2.45) is 0 Å². The molecule has 4 aromatic rings. The van der Waals surface area contributed by atoms with Crippen LogP contribution in [0.25, 0.3) is 11.0 Å². The third-order valence-corrected chi connectivity index (χ3v) is 7.87. The van der Waals surface area contributed by atoms with Crippen molar-refractivity contribution in [3.05, 3.63) is 88.2 Å². The molecular weight excluding hydrogens is 573 g/mol. The van der Waals surface area contributed by atoms with E-state index in [0.29, 0.717) is 48.2 Å². The fraction of sp³-hybridized carbons (Fsp3) is 0.344. The molecule has 0 bridgehead atoms. The minimum atomic E-state index is -4.62. The second kappa shape index (κ2) is 12.8. The number of nitrogens with zero attached hydrogens (tertiary/aromatic N) is 3. The zero-order valence-corrected chi connectivity index (χ0v) is 25.0. The lowest BCUT2D eigenvalue weighted by Gasteiger charge is -2.22. The molecule has 1 aliphatic heterocycles. The third-order valence-electron chi connectivity index (χ3n) is 7.87. The second-order valence-corrected chi connectivity index (χ2v) is 11.3. The molecule has 0 aliphatic carbocycles. The van der Waals surface area contributed by atoms with Crippen molar-refractivity contribution in [2.75, 3.05) is 44.9 Å². The smallest absolute Gasteiger partial charge is 0.378 e. The standard InChI is InChI=1S/C32H35F3N6O3/c1-19-5-8-23(14-27(19)31(43)39-24-11-22-12-25(18-44-4)37-29(22)36-15-24)38-30(42)20-6-7-21(28(13-20)32(33,34)35)16-41-10-9-26(17-41)40(2)3/h5-8,11-15,26H,9-10,16-18H2,1-4H3,(H,36,37)(H,38,42)(H,39,43). The lowest BCUT2D eigenvalue weighted by atomic mass is 10.0. The quantitative estimate of drug-likeness (QED) is 0.226. The number of hydrogen-bond donors (Lipinski definition) is 3. The zero-order valence-electron chi connectivity index (χ0n) is 25.0. The second-order valence-electron chi connectivity index (χ2n) is 11.3. The number of aromatic amines is 1. The summed E-state index contributed by atoms with van der Waals surface area (Å²) in [5, 5.41) is 6.27. The fourth-order valence-corrected chi connectivity index (χ4v) is 5.46. The highest BCUT2D eigenvalue weighted by molar-refractivity contribution is 6.08. The summed E-state index contributed by atoms with van der Waals surface area (Å²) in [7, 11) is 5.52. The topological polar surface area (TPSA) is 103 Å². The Bertz CT molecular complexity index is 1680. The maximum atomic E-state index is 14.1. The predicted octanol–water partition coefficient (Wildman–Crippen LogP) is 5.68. The van der Waals surface area contributed by atoms with Crippen molar-refractivity contribution in [3.8, 4) is 0 Å². The minimum Gasteiger partial charge on any atom is -0.378 e. The Morgan fingerprint density at radius 2 is 1.84 bits per heavy atom. The largest absolute Gasteiger partial charge is 0.416 e. The first kappa shape index (κ1) is 31.2. The monoisotopic (exact) mass is 608 g/mol. The number of carbonyl (C=O) groups is 2. The van der Waals surface area contributed by atoms with Crippen LogP contribution in [0, 0.1) is 6.92 Å². The Morgan fingerprint density at radius 1 is 1.07 bits per heavy atom. The van der Waals surface area contributed by atoms with Gasteiger partial charge in [-0.25, -0.2) is 4.98 Å². The molecule has 1 aliphatic rings. The number of aryl methyl sites for hydroxylation is 1. The number of methoxy groups -OCH3 is 1. The van der Waals surface area contributed by atoms with Gasteiger partial charge in [-0.15, -0.1) is 0 Å². The number of likely N-dealkylation sites (tertiary alicyclic amines) is 1. The fourth-order valence-electron chi connectivity index (χ4n) is 5.46. The summed E-state index contributed by atoms with van der Waals surface area (Å²) in [6.07, 6.45) is -2.20. The molecule has 2 aromatic heterocycles. The van der Waals surface area contributed by atoms with Crippen molar-refractivity contribution in [3.63, 3.8) is 0 Å². The first-order chi connectivity index (χ1) is 20.9. The Balaban J connectivity index is 1.30. The molecule has 9 nitrogen and oxygen atoms in total. The van der Waals surface area contributed by atoms with Crippen LogP contribution in [-0.2, 0) is 24.1 Å². The van der Waals surface area contributed by atoms with E-state index < -0.39 is 23.6 Å². The van der Waals surface area contributed by atoms with Crippen LogP contribution < -0.4 is 10.6 Å². The van der Waals surface area contributed by atoms with Crippen LogP contribution >= 0.6 is 0 Å². The number of alkyl halides is 3. The zero-order chi connectivity index (χ0) is 31.6. The molecule has 44 heavy (non-hydrogen) atoms. The van der Waals surface area contributed by atoms with Gasteiger partial charge < -0.3 is 25.3 Å². The van der Waals surface area contributed by atoms with Gasteiger partial charge in [-0.05, 0) is 75.0 Å². The number of benzene rings is 2. The van der Waals surface area contributed by atoms with E-state index in [1.165, 1.54) is 24.4 Å². The number of H-pyrrole nitrogens is 1. The number of halogens is 3. The number of likely N-dealkylation sites (N-methyl/N-ethyl adjacent to an activating group) is 1. The Kier molecular flexibility index (Phi) is 9.05. The van der Waals surface area contributed by atoms with Gasteiger partial charge in [-0.1, -0.05) is 12.1 Å². The van der Waals surface area contributed by atoms with E-state index in [-0.39, 0.29) is 23.4 Å². The van der Waals surface area contributed by atoms with E-state index >= 15 is 0 Å². The molecule has 12 heteroatoms. The van der Waals surface area contributed by atoms with Crippen molar-refractivity contribution < 1.29 is 27.5 Å². The van der Waals surface area contributed by atoms with Crippen LogP contribution in [0.15, 0.2) is 54.7 Å². The Morgan fingerprint density at radius 3 is 2.55 bits per heavy atom. The summed E-state index contributed by atoms with van der Waals surface area (Å²) in [4.78, 5) is 37.8. The molecule has 3 N–H and O–H groups in total. The summed E-state index contributed by atoms with van der Waals surface area (Å²) in [5.41, 5.74) is 2.38.